The summed E-state index contributed by atoms with van der Waals surface area (Å²) in [6.45, 7) is 0. The van der Waals surface area contributed by atoms with Crippen LogP contribution in [-0.2, 0) is 11.2 Å². The van der Waals surface area contributed by atoms with Crippen LogP contribution < -0.4 is 4.74 Å². The largest absolute Gasteiger partial charge is 0.497 e. The number of carbonyl (C=O) groups excluding carboxylic acids is 1. The topological polar surface area (TPSA) is 26.3 Å². The van der Waals surface area contributed by atoms with Crippen LogP contribution in [0.5, 0.6) is 5.75 Å². The second-order valence-electron chi connectivity index (χ2n) is 4.92. The highest BCUT2D eigenvalue weighted by Crippen LogP contribution is 2.29. The maximum Gasteiger partial charge on any atom is 0.136 e. The van der Waals surface area contributed by atoms with Gasteiger partial charge in [-0.2, -0.15) is 0 Å². The highest BCUT2D eigenvalue weighted by Gasteiger charge is 2.21. The van der Waals surface area contributed by atoms with Gasteiger partial charge in [-0.25, -0.2) is 0 Å². The van der Waals surface area contributed by atoms with Crippen molar-refractivity contribution in [1.29, 1.82) is 0 Å². The van der Waals surface area contributed by atoms with E-state index < -0.39 is 0 Å². The molecule has 0 amide bonds. The Morgan fingerprint density at radius 1 is 1.33 bits per heavy atom. The summed E-state index contributed by atoms with van der Waals surface area (Å²) in [6, 6.07) is 5.96. The van der Waals surface area contributed by atoms with E-state index in [1.165, 1.54) is 18.4 Å². The van der Waals surface area contributed by atoms with Gasteiger partial charge in [-0.05, 0) is 43.0 Å². The molecule has 1 unspecified atom stereocenters. The molecule has 1 fully saturated rings. The minimum Gasteiger partial charge on any atom is -0.497 e. The molecular formula is C15H19BrO2. The van der Waals surface area contributed by atoms with Gasteiger partial charge in [0.15, 0.2) is 0 Å². The zero-order valence-electron chi connectivity index (χ0n) is 10.7. The number of ketones is 1. The molecule has 0 bridgehead atoms. The molecule has 1 aliphatic carbocycles. The zero-order valence-corrected chi connectivity index (χ0v) is 12.3. The number of carbonyl (C=O) groups is 1. The number of hydrogen-bond acceptors (Lipinski definition) is 2. The molecule has 2 nitrogen and oxygen atoms in total. The van der Waals surface area contributed by atoms with Gasteiger partial charge in [-0.1, -0.05) is 28.8 Å². The quantitative estimate of drug-likeness (QED) is 0.784. The van der Waals surface area contributed by atoms with Gasteiger partial charge in [0.2, 0.25) is 0 Å². The molecule has 0 N–H and O–H groups in total. The van der Waals surface area contributed by atoms with E-state index in [9.17, 15) is 4.79 Å². The van der Waals surface area contributed by atoms with Crippen molar-refractivity contribution >= 4 is 21.7 Å². The molecule has 18 heavy (non-hydrogen) atoms. The lowest BCUT2D eigenvalue weighted by atomic mass is 9.91. The SMILES string of the molecule is COc1ccc(Br)c(CC2CCCCCC2=O)c1. The molecule has 98 valence electrons. The number of Topliss-reactive ketones (excluding diaryl/α,β-unsaturated/α-hetero) is 1. The molecule has 1 aromatic rings. The summed E-state index contributed by atoms with van der Waals surface area (Å²) in [5.41, 5.74) is 1.18. The van der Waals surface area contributed by atoms with E-state index in [1.807, 2.05) is 18.2 Å². The van der Waals surface area contributed by atoms with Gasteiger partial charge in [0, 0.05) is 16.8 Å². The highest BCUT2D eigenvalue weighted by molar-refractivity contribution is 9.10. The van der Waals surface area contributed by atoms with Crippen molar-refractivity contribution in [2.75, 3.05) is 7.11 Å². The smallest absolute Gasteiger partial charge is 0.136 e. The maximum absolute atomic E-state index is 12.0. The van der Waals surface area contributed by atoms with Gasteiger partial charge >= 0.3 is 0 Å². The predicted molar refractivity (Wildman–Crippen MR) is 76.0 cm³/mol. The summed E-state index contributed by atoms with van der Waals surface area (Å²) in [6.07, 6.45) is 6.06. The third-order valence-electron chi connectivity index (χ3n) is 3.65. The molecule has 1 atom stereocenters. The predicted octanol–water partition coefficient (Wildman–Crippen LogP) is 4.15. The second-order valence-corrected chi connectivity index (χ2v) is 5.78. The number of rotatable bonds is 3. The Balaban J connectivity index is 2.14. The molecule has 0 saturated heterocycles. The van der Waals surface area contributed by atoms with Gasteiger partial charge in [-0.15, -0.1) is 0 Å². The Bertz CT molecular complexity index is 429. The van der Waals surface area contributed by atoms with Crippen LogP contribution in [0.3, 0.4) is 0 Å². The summed E-state index contributed by atoms with van der Waals surface area (Å²) in [5.74, 6) is 1.48. The normalized spacial score (nSPS) is 20.6. The summed E-state index contributed by atoms with van der Waals surface area (Å²) in [5, 5.41) is 0. The molecule has 0 radical (unpaired) electrons. The van der Waals surface area contributed by atoms with Gasteiger partial charge in [-0.3, -0.25) is 4.79 Å². The molecule has 1 aromatic carbocycles. The van der Waals surface area contributed by atoms with Crippen LogP contribution in [0, 0.1) is 5.92 Å². The minimum absolute atomic E-state index is 0.191. The van der Waals surface area contributed by atoms with Crippen molar-refractivity contribution in [1.82, 2.24) is 0 Å². The van der Waals surface area contributed by atoms with E-state index in [0.717, 1.165) is 35.9 Å². The van der Waals surface area contributed by atoms with E-state index in [1.54, 1.807) is 7.11 Å². The number of benzene rings is 1. The first-order valence-electron chi connectivity index (χ1n) is 6.56. The summed E-state index contributed by atoms with van der Waals surface area (Å²) in [4.78, 5) is 12.0. The van der Waals surface area contributed by atoms with Gasteiger partial charge in [0.1, 0.15) is 11.5 Å². The number of methoxy groups -OCH3 is 1. The van der Waals surface area contributed by atoms with Crippen LogP contribution in [-0.4, -0.2) is 12.9 Å². The molecule has 0 aromatic heterocycles. The van der Waals surface area contributed by atoms with Gasteiger partial charge in [0.25, 0.3) is 0 Å². The third-order valence-corrected chi connectivity index (χ3v) is 4.42. The number of ether oxygens (including phenoxy) is 1. The van der Waals surface area contributed by atoms with Crippen molar-refractivity contribution < 1.29 is 9.53 Å². The average molecular weight is 311 g/mol. The molecule has 1 saturated carbocycles. The van der Waals surface area contributed by atoms with Crippen molar-refractivity contribution in [2.24, 2.45) is 5.92 Å². The first kappa shape index (κ1) is 13.6. The van der Waals surface area contributed by atoms with Crippen molar-refractivity contribution in [3.63, 3.8) is 0 Å². The molecule has 0 heterocycles. The van der Waals surface area contributed by atoms with Crippen LogP contribution in [0.2, 0.25) is 0 Å². The Kier molecular flexibility index (Phi) is 4.81. The van der Waals surface area contributed by atoms with E-state index in [2.05, 4.69) is 15.9 Å². The Labute approximate surface area is 117 Å². The van der Waals surface area contributed by atoms with Crippen LogP contribution in [0.25, 0.3) is 0 Å². The van der Waals surface area contributed by atoms with Crippen molar-refractivity contribution in [3.05, 3.63) is 28.2 Å². The summed E-state index contributed by atoms with van der Waals surface area (Å²) in [7, 11) is 1.67. The zero-order chi connectivity index (χ0) is 13.0. The molecule has 2 rings (SSSR count). The number of hydrogen-bond donors (Lipinski definition) is 0. The molecule has 3 heteroatoms. The highest BCUT2D eigenvalue weighted by atomic mass is 79.9. The standard InChI is InChI=1S/C15H19BrO2/c1-18-13-7-8-14(16)12(10-13)9-11-5-3-2-4-6-15(11)17/h7-8,10-11H,2-6,9H2,1H3. The Morgan fingerprint density at radius 2 is 2.17 bits per heavy atom. The van der Waals surface area contributed by atoms with Crippen LogP contribution in [0.4, 0.5) is 0 Å². The lowest BCUT2D eigenvalue weighted by Crippen LogP contribution is -2.15. The fraction of sp³-hybridized carbons (Fsp3) is 0.533. The van der Waals surface area contributed by atoms with E-state index in [-0.39, 0.29) is 5.92 Å². The minimum atomic E-state index is 0.191. The van der Waals surface area contributed by atoms with Crippen LogP contribution >= 0.6 is 15.9 Å². The van der Waals surface area contributed by atoms with Gasteiger partial charge < -0.3 is 4.74 Å². The van der Waals surface area contributed by atoms with Crippen LogP contribution in [0.1, 0.15) is 37.7 Å². The Morgan fingerprint density at radius 3 is 2.94 bits per heavy atom. The lowest BCUT2D eigenvalue weighted by molar-refractivity contribution is -0.122. The fourth-order valence-corrected chi connectivity index (χ4v) is 2.96. The molecule has 0 aliphatic heterocycles. The molecular weight excluding hydrogens is 292 g/mol. The fourth-order valence-electron chi connectivity index (χ4n) is 2.55. The first-order valence-corrected chi connectivity index (χ1v) is 7.35. The van der Waals surface area contributed by atoms with E-state index >= 15 is 0 Å². The molecule has 0 spiro atoms. The van der Waals surface area contributed by atoms with E-state index in [0.29, 0.717) is 5.78 Å². The molecule has 1 aliphatic rings. The van der Waals surface area contributed by atoms with Crippen molar-refractivity contribution in [3.8, 4) is 5.75 Å². The average Bonchev–Trinajstić information content (AvgIpc) is 2.58. The first-order chi connectivity index (χ1) is 8.70. The maximum atomic E-state index is 12.0. The monoisotopic (exact) mass is 310 g/mol. The number of halogens is 1. The van der Waals surface area contributed by atoms with Crippen LogP contribution in [0.15, 0.2) is 22.7 Å². The van der Waals surface area contributed by atoms with E-state index in [4.69, 9.17) is 4.74 Å². The summed E-state index contributed by atoms with van der Waals surface area (Å²) < 4.78 is 6.31. The second kappa shape index (κ2) is 6.37. The Hall–Kier alpha value is -0.830. The van der Waals surface area contributed by atoms with Gasteiger partial charge in [0.05, 0.1) is 7.11 Å². The lowest BCUT2D eigenvalue weighted by Gasteiger charge is -2.14. The third kappa shape index (κ3) is 3.35. The summed E-state index contributed by atoms with van der Waals surface area (Å²) >= 11 is 3.56. The van der Waals surface area contributed by atoms with Crippen molar-refractivity contribution in [2.45, 2.75) is 38.5 Å².